The zero-order valence-electron chi connectivity index (χ0n) is 12.3. The molecule has 17 heavy (non-hydrogen) atoms. The molecule has 0 saturated heterocycles. The van der Waals surface area contributed by atoms with E-state index in [2.05, 4.69) is 47.6 Å². The smallest absolute Gasteiger partial charge is 0.152 e. The lowest BCUT2D eigenvalue weighted by molar-refractivity contribution is -0.112. The number of hydrogen-bond acceptors (Lipinski definition) is 1. The molecule has 0 aromatic rings. The Morgan fingerprint density at radius 3 is 2.24 bits per heavy atom. The topological polar surface area (TPSA) is 17.1 Å². The van der Waals surface area contributed by atoms with Crippen molar-refractivity contribution in [3.8, 4) is 0 Å². The van der Waals surface area contributed by atoms with E-state index in [1.54, 1.807) is 6.92 Å². The summed E-state index contributed by atoms with van der Waals surface area (Å²) in [5, 5.41) is 0. The number of rotatable bonds is 2. The summed E-state index contributed by atoms with van der Waals surface area (Å²) < 4.78 is 0. The second-order valence-corrected chi connectivity index (χ2v) is 6.91. The van der Waals surface area contributed by atoms with Gasteiger partial charge in [0.1, 0.15) is 0 Å². The second kappa shape index (κ2) is 4.44. The van der Waals surface area contributed by atoms with Crippen LogP contribution in [0.15, 0.2) is 23.3 Å². The largest absolute Gasteiger partial charge is 0.295 e. The standard InChI is InChI=1S/C16H26O/c1-11-9-15(4,5)14(16(6,7)10-11)12(2)8-13(3)17/h8-9,14H,10H2,1-7H3/b12-8+. The lowest BCUT2D eigenvalue weighted by Crippen LogP contribution is -2.39. The quantitative estimate of drug-likeness (QED) is 0.506. The molecule has 0 radical (unpaired) electrons. The summed E-state index contributed by atoms with van der Waals surface area (Å²) in [5.41, 5.74) is 3.03. The molecule has 0 saturated carbocycles. The molecular weight excluding hydrogens is 208 g/mol. The van der Waals surface area contributed by atoms with Crippen molar-refractivity contribution in [2.24, 2.45) is 16.7 Å². The van der Waals surface area contributed by atoms with Gasteiger partial charge in [-0.25, -0.2) is 0 Å². The zero-order valence-corrected chi connectivity index (χ0v) is 12.3. The van der Waals surface area contributed by atoms with Crippen molar-refractivity contribution in [2.45, 2.75) is 54.9 Å². The van der Waals surface area contributed by atoms with Crippen LogP contribution >= 0.6 is 0 Å². The van der Waals surface area contributed by atoms with Gasteiger partial charge < -0.3 is 0 Å². The summed E-state index contributed by atoms with van der Waals surface area (Å²) in [6, 6.07) is 0. The molecular formula is C16H26O. The van der Waals surface area contributed by atoms with E-state index in [0.717, 1.165) is 6.42 Å². The predicted octanol–water partition coefficient (Wildman–Crippen LogP) is 4.54. The highest BCUT2D eigenvalue weighted by Crippen LogP contribution is 2.52. The van der Waals surface area contributed by atoms with E-state index in [1.807, 2.05) is 6.08 Å². The molecule has 0 bridgehead atoms. The van der Waals surface area contributed by atoms with Crippen LogP contribution in [0, 0.1) is 16.7 Å². The van der Waals surface area contributed by atoms with Crippen LogP contribution in [0.4, 0.5) is 0 Å². The van der Waals surface area contributed by atoms with E-state index < -0.39 is 0 Å². The van der Waals surface area contributed by atoms with Crippen LogP contribution in [-0.2, 0) is 4.79 Å². The average molecular weight is 234 g/mol. The molecule has 0 aliphatic heterocycles. The SMILES string of the molecule is CC(=O)/C=C(\C)C1C(C)(C)C=C(C)CC1(C)C. The van der Waals surface area contributed by atoms with E-state index in [4.69, 9.17) is 0 Å². The molecule has 1 nitrogen and oxygen atoms in total. The number of carbonyl (C=O) groups is 1. The van der Waals surface area contributed by atoms with Gasteiger partial charge in [-0.05, 0) is 50.0 Å². The van der Waals surface area contributed by atoms with Crippen molar-refractivity contribution in [2.75, 3.05) is 0 Å². The molecule has 0 aromatic carbocycles. The van der Waals surface area contributed by atoms with Crippen LogP contribution < -0.4 is 0 Å². The van der Waals surface area contributed by atoms with Gasteiger partial charge in [-0.15, -0.1) is 0 Å². The zero-order chi connectivity index (χ0) is 13.4. The van der Waals surface area contributed by atoms with Crippen LogP contribution in [0.3, 0.4) is 0 Å². The molecule has 0 spiro atoms. The Bertz CT molecular complexity index is 380. The number of allylic oxidation sites excluding steroid dienone is 4. The Balaban J connectivity index is 3.24. The van der Waals surface area contributed by atoms with E-state index in [1.165, 1.54) is 11.1 Å². The first-order chi connectivity index (χ1) is 7.56. The lowest BCUT2D eigenvalue weighted by Gasteiger charge is -2.48. The number of carbonyl (C=O) groups excluding carboxylic acids is 1. The molecule has 1 rings (SSSR count). The minimum atomic E-state index is 0.127. The summed E-state index contributed by atoms with van der Waals surface area (Å²) in [4.78, 5) is 11.3. The van der Waals surface area contributed by atoms with Gasteiger partial charge in [0.05, 0.1) is 0 Å². The highest BCUT2D eigenvalue weighted by Gasteiger charge is 2.43. The maximum atomic E-state index is 11.3. The third-order valence-electron chi connectivity index (χ3n) is 3.76. The highest BCUT2D eigenvalue weighted by atomic mass is 16.1. The third kappa shape index (κ3) is 3.08. The van der Waals surface area contributed by atoms with Crippen molar-refractivity contribution in [3.63, 3.8) is 0 Å². The van der Waals surface area contributed by atoms with Gasteiger partial charge in [-0.3, -0.25) is 4.79 Å². The molecule has 1 atom stereocenters. The Morgan fingerprint density at radius 1 is 1.29 bits per heavy atom. The van der Waals surface area contributed by atoms with Gasteiger partial charge in [0.25, 0.3) is 0 Å². The van der Waals surface area contributed by atoms with Gasteiger partial charge in [-0.1, -0.05) is 44.9 Å². The molecule has 0 fully saturated rings. The fourth-order valence-electron chi connectivity index (χ4n) is 4.20. The van der Waals surface area contributed by atoms with E-state index in [-0.39, 0.29) is 16.6 Å². The summed E-state index contributed by atoms with van der Waals surface area (Å²) in [5.74, 6) is 0.586. The molecule has 0 heterocycles. The Labute approximate surface area is 106 Å². The monoisotopic (exact) mass is 234 g/mol. The Hall–Kier alpha value is -0.850. The minimum Gasteiger partial charge on any atom is -0.295 e. The Morgan fingerprint density at radius 2 is 1.82 bits per heavy atom. The summed E-state index contributed by atoms with van der Waals surface area (Å²) in [6.45, 7) is 15.1. The predicted molar refractivity (Wildman–Crippen MR) is 73.9 cm³/mol. The molecule has 1 aliphatic carbocycles. The van der Waals surface area contributed by atoms with Crippen molar-refractivity contribution < 1.29 is 4.79 Å². The van der Waals surface area contributed by atoms with Crippen LogP contribution in [0.1, 0.15) is 54.9 Å². The first-order valence-electron chi connectivity index (χ1n) is 6.43. The summed E-state index contributed by atoms with van der Waals surface area (Å²) >= 11 is 0. The summed E-state index contributed by atoms with van der Waals surface area (Å²) in [6.07, 6.45) is 5.30. The minimum absolute atomic E-state index is 0.127. The van der Waals surface area contributed by atoms with Gasteiger partial charge >= 0.3 is 0 Å². The van der Waals surface area contributed by atoms with Crippen molar-refractivity contribution in [3.05, 3.63) is 23.3 Å². The summed E-state index contributed by atoms with van der Waals surface area (Å²) in [7, 11) is 0. The highest BCUT2D eigenvalue weighted by molar-refractivity contribution is 5.88. The van der Waals surface area contributed by atoms with E-state index in [0.29, 0.717) is 5.92 Å². The molecule has 1 aliphatic rings. The fourth-order valence-corrected chi connectivity index (χ4v) is 4.20. The first kappa shape index (κ1) is 14.2. The lowest BCUT2D eigenvalue weighted by atomic mass is 9.56. The number of ketones is 1. The molecule has 1 heteroatoms. The van der Waals surface area contributed by atoms with Crippen molar-refractivity contribution in [1.29, 1.82) is 0 Å². The van der Waals surface area contributed by atoms with Crippen molar-refractivity contribution >= 4 is 5.78 Å². The third-order valence-corrected chi connectivity index (χ3v) is 3.76. The second-order valence-electron chi connectivity index (χ2n) is 6.91. The van der Waals surface area contributed by atoms with Crippen LogP contribution in [0.2, 0.25) is 0 Å². The van der Waals surface area contributed by atoms with Crippen LogP contribution in [0.25, 0.3) is 0 Å². The number of hydrogen-bond donors (Lipinski definition) is 0. The fraction of sp³-hybridized carbons (Fsp3) is 0.688. The van der Waals surface area contributed by atoms with Gasteiger partial charge in [-0.2, -0.15) is 0 Å². The van der Waals surface area contributed by atoms with Gasteiger partial charge in [0.15, 0.2) is 5.78 Å². The van der Waals surface area contributed by atoms with Gasteiger partial charge in [0.2, 0.25) is 0 Å². The van der Waals surface area contributed by atoms with E-state index in [9.17, 15) is 4.79 Å². The first-order valence-corrected chi connectivity index (χ1v) is 6.43. The maximum Gasteiger partial charge on any atom is 0.152 e. The van der Waals surface area contributed by atoms with Crippen LogP contribution in [0.5, 0.6) is 0 Å². The molecule has 1 unspecified atom stereocenters. The molecule has 0 amide bonds. The normalized spacial score (nSPS) is 27.6. The van der Waals surface area contributed by atoms with Crippen LogP contribution in [-0.4, -0.2) is 5.78 Å². The molecule has 0 N–H and O–H groups in total. The maximum absolute atomic E-state index is 11.3. The Kier molecular flexibility index (Phi) is 3.71. The molecule has 0 aromatic heterocycles. The van der Waals surface area contributed by atoms with Gasteiger partial charge in [0, 0.05) is 0 Å². The van der Waals surface area contributed by atoms with Crippen molar-refractivity contribution in [1.82, 2.24) is 0 Å². The average Bonchev–Trinajstić information content (AvgIpc) is 1.93. The molecule has 96 valence electrons. The van der Waals surface area contributed by atoms with E-state index >= 15 is 0 Å².